The third-order valence-corrected chi connectivity index (χ3v) is 0. The van der Waals surface area contributed by atoms with Gasteiger partial charge in [-0.1, -0.05) is 0 Å². The van der Waals surface area contributed by atoms with E-state index < -0.39 is 10.1 Å². The van der Waals surface area contributed by atoms with E-state index in [0.29, 0.717) is 6.26 Å². The van der Waals surface area contributed by atoms with Gasteiger partial charge >= 0.3 is 0 Å². The second kappa shape index (κ2) is 7.35. The van der Waals surface area contributed by atoms with Crippen LogP contribution in [0.4, 0.5) is 0 Å². The maximum absolute atomic E-state index is 9.19. The van der Waals surface area contributed by atoms with E-state index in [-0.39, 0.29) is 17.1 Å². The normalized spacial score (nSPS) is 8.00. The van der Waals surface area contributed by atoms with E-state index in [0.717, 1.165) is 0 Å². The Hall–Kier alpha value is 0.349. The first-order chi connectivity index (χ1) is 3.00. The zero-order chi connectivity index (χ0) is 6.50. The summed E-state index contributed by atoms with van der Waals surface area (Å²) >= 11 is 0. The van der Waals surface area contributed by atoms with E-state index in [1.54, 1.807) is 0 Å². The Morgan fingerprint density at radius 2 is 1.25 bits per heavy atom. The van der Waals surface area contributed by atoms with Crippen LogP contribution < -0.4 is 0 Å². The van der Waals surface area contributed by atoms with Gasteiger partial charge in [0, 0.05) is 17.1 Å². The standard InChI is InChI=1S/CH4O3S.Cu.H2O2/c1-5(2,3)4;;1-2/h1H3,(H,2,3,4);;1-2H. The molecular formula is CH6CuO5S. The van der Waals surface area contributed by atoms with E-state index >= 15 is 0 Å². The molecule has 8 heavy (non-hydrogen) atoms. The Morgan fingerprint density at radius 1 is 1.25 bits per heavy atom. The van der Waals surface area contributed by atoms with Gasteiger partial charge in [-0.2, -0.15) is 8.42 Å². The summed E-state index contributed by atoms with van der Waals surface area (Å²) in [6, 6.07) is 0. The summed E-state index contributed by atoms with van der Waals surface area (Å²) in [6.45, 7) is 0. The minimum atomic E-state index is -3.67. The number of rotatable bonds is 0. The average molecular weight is 194 g/mol. The van der Waals surface area contributed by atoms with Crippen molar-refractivity contribution in [3.05, 3.63) is 0 Å². The number of hydrogen-bond acceptors (Lipinski definition) is 4. The van der Waals surface area contributed by atoms with Crippen LogP contribution in [0.2, 0.25) is 0 Å². The molecule has 0 aliphatic rings. The molecule has 0 bridgehead atoms. The van der Waals surface area contributed by atoms with Crippen LogP contribution in [0.15, 0.2) is 0 Å². The van der Waals surface area contributed by atoms with Crippen LogP contribution in [0.5, 0.6) is 0 Å². The Balaban J connectivity index is -0.0000000750. The van der Waals surface area contributed by atoms with Gasteiger partial charge in [-0.3, -0.25) is 15.1 Å². The molecule has 0 aromatic rings. The monoisotopic (exact) mass is 193 g/mol. The average Bonchev–Trinajstić information content (AvgIpc) is 1.36. The third kappa shape index (κ3) is 1490. The topological polar surface area (TPSA) is 94.8 Å². The van der Waals surface area contributed by atoms with Crippen LogP contribution in [0.3, 0.4) is 0 Å². The largest absolute Gasteiger partial charge is 0.286 e. The zero-order valence-corrected chi connectivity index (χ0v) is 5.63. The van der Waals surface area contributed by atoms with Crippen LogP contribution in [0.25, 0.3) is 0 Å². The van der Waals surface area contributed by atoms with Gasteiger partial charge in [-0.15, -0.1) is 0 Å². The second-order valence-corrected chi connectivity index (χ2v) is 2.20. The molecule has 5 nitrogen and oxygen atoms in total. The molecule has 3 N–H and O–H groups in total. The van der Waals surface area contributed by atoms with Gasteiger partial charge < -0.3 is 0 Å². The van der Waals surface area contributed by atoms with Gasteiger partial charge in [0.2, 0.25) is 0 Å². The molecule has 0 aromatic heterocycles. The Kier molecular flexibility index (Phi) is 14.5. The van der Waals surface area contributed by atoms with Crippen LogP contribution in [-0.4, -0.2) is 29.7 Å². The summed E-state index contributed by atoms with van der Waals surface area (Å²) in [5.41, 5.74) is 0. The second-order valence-electron chi connectivity index (χ2n) is 0.733. The molecule has 0 saturated heterocycles. The van der Waals surface area contributed by atoms with Crippen molar-refractivity contribution in [2.24, 2.45) is 0 Å². The Bertz CT molecular complexity index is 95.6. The molecule has 0 saturated carbocycles. The summed E-state index contributed by atoms with van der Waals surface area (Å²) in [4.78, 5) is 0. The molecule has 0 fully saturated rings. The fraction of sp³-hybridized carbons (Fsp3) is 1.00. The summed E-state index contributed by atoms with van der Waals surface area (Å²) < 4.78 is 25.9. The van der Waals surface area contributed by atoms with Crippen molar-refractivity contribution in [2.75, 3.05) is 6.26 Å². The zero-order valence-electron chi connectivity index (χ0n) is 3.87. The minimum absolute atomic E-state index is 0. The van der Waals surface area contributed by atoms with E-state index in [1.807, 2.05) is 0 Å². The molecule has 0 spiro atoms. The van der Waals surface area contributed by atoms with Gasteiger partial charge in [0.1, 0.15) is 0 Å². The van der Waals surface area contributed by atoms with E-state index in [1.165, 1.54) is 0 Å². The fourth-order valence-electron chi connectivity index (χ4n) is 0. The molecule has 0 aliphatic heterocycles. The molecule has 7 heteroatoms. The van der Waals surface area contributed by atoms with E-state index in [2.05, 4.69) is 0 Å². The molecule has 1 radical (unpaired) electrons. The fourth-order valence-corrected chi connectivity index (χ4v) is 0. The molecule has 0 aromatic carbocycles. The van der Waals surface area contributed by atoms with Gasteiger partial charge in [0.15, 0.2) is 0 Å². The van der Waals surface area contributed by atoms with Gasteiger partial charge in [-0.25, -0.2) is 0 Å². The van der Waals surface area contributed by atoms with E-state index in [4.69, 9.17) is 15.1 Å². The predicted octanol–water partition coefficient (Wildman–Crippen LogP) is -0.481. The summed E-state index contributed by atoms with van der Waals surface area (Å²) in [6.07, 6.45) is 0.715. The van der Waals surface area contributed by atoms with Gasteiger partial charge in [-0.05, 0) is 0 Å². The van der Waals surface area contributed by atoms with Crippen molar-refractivity contribution in [1.29, 1.82) is 0 Å². The first-order valence-electron chi connectivity index (χ1n) is 1.12. The molecule has 0 heterocycles. The number of hydrogen-bond donors (Lipinski definition) is 3. The first-order valence-corrected chi connectivity index (χ1v) is 2.97. The summed E-state index contributed by atoms with van der Waals surface area (Å²) in [5, 5.41) is 12.0. The van der Waals surface area contributed by atoms with Crippen molar-refractivity contribution in [2.45, 2.75) is 0 Å². The van der Waals surface area contributed by atoms with Gasteiger partial charge in [0.25, 0.3) is 10.1 Å². The van der Waals surface area contributed by atoms with Crippen molar-refractivity contribution >= 4 is 10.1 Å². The Labute approximate surface area is 57.5 Å². The smallest absolute Gasteiger partial charge is 0.261 e. The molecule has 0 unspecified atom stereocenters. The SMILES string of the molecule is CS(=O)(=O)O.OO.[Cu]. The molecular weight excluding hydrogens is 188 g/mol. The maximum atomic E-state index is 9.19. The van der Waals surface area contributed by atoms with E-state index in [9.17, 15) is 8.42 Å². The van der Waals surface area contributed by atoms with Crippen molar-refractivity contribution in [3.8, 4) is 0 Å². The quantitative estimate of drug-likeness (QED) is 0.209. The third-order valence-electron chi connectivity index (χ3n) is 0. The molecule has 0 amide bonds. The maximum Gasteiger partial charge on any atom is 0.261 e. The molecule has 0 atom stereocenters. The van der Waals surface area contributed by atoms with Gasteiger partial charge in [0.05, 0.1) is 6.26 Å². The first kappa shape index (κ1) is 15.8. The molecule has 57 valence electrons. The molecule has 0 rings (SSSR count). The summed E-state index contributed by atoms with van der Waals surface area (Å²) in [5.74, 6) is 0. The molecule has 0 aliphatic carbocycles. The van der Waals surface area contributed by atoms with Crippen LogP contribution >= 0.6 is 0 Å². The van der Waals surface area contributed by atoms with Crippen molar-refractivity contribution in [1.82, 2.24) is 0 Å². The van der Waals surface area contributed by atoms with Crippen LogP contribution in [0, 0.1) is 0 Å². The van der Waals surface area contributed by atoms with Crippen LogP contribution in [-0.2, 0) is 27.2 Å². The summed E-state index contributed by atoms with van der Waals surface area (Å²) in [7, 11) is -3.67. The minimum Gasteiger partial charge on any atom is -0.286 e. The van der Waals surface area contributed by atoms with Crippen molar-refractivity contribution in [3.63, 3.8) is 0 Å². The Morgan fingerprint density at radius 3 is 1.25 bits per heavy atom. The van der Waals surface area contributed by atoms with Crippen LogP contribution in [0.1, 0.15) is 0 Å². The van der Waals surface area contributed by atoms with Crippen molar-refractivity contribution < 1.29 is 40.6 Å². The predicted molar refractivity (Wildman–Crippen MR) is 22.7 cm³/mol.